The Balaban J connectivity index is 1.98. The monoisotopic (exact) mass is 406 g/mol. The van der Waals surface area contributed by atoms with Crippen molar-refractivity contribution in [3.63, 3.8) is 0 Å². The number of nitrogens with one attached hydrogen (secondary N) is 2. The molecule has 0 saturated heterocycles. The maximum absolute atomic E-state index is 13.1. The van der Waals surface area contributed by atoms with Crippen molar-refractivity contribution in [2.45, 2.75) is 26.3 Å². The van der Waals surface area contributed by atoms with Crippen LogP contribution >= 0.6 is 0 Å². The van der Waals surface area contributed by atoms with Crippen LogP contribution in [-0.4, -0.2) is 41.3 Å². The maximum atomic E-state index is 13.1. The lowest BCUT2D eigenvalue weighted by atomic mass is 10.1. The molecule has 2 amide bonds. The first-order valence-electron chi connectivity index (χ1n) is 9.92. The van der Waals surface area contributed by atoms with Gasteiger partial charge in [0.15, 0.2) is 0 Å². The van der Waals surface area contributed by atoms with Crippen molar-refractivity contribution < 1.29 is 14.3 Å². The van der Waals surface area contributed by atoms with E-state index in [2.05, 4.69) is 15.7 Å². The molecule has 0 saturated carbocycles. The van der Waals surface area contributed by atoms with Gasteiger partial charge in [-0.2, -0.15) is 5.10 Å². The van der Waals surface area contributed by atoms with Crippen LogP contribution in [0, 0.1) is 0 Å². The SMILES string of the molecule is CCCNC(=O)[C@H](C)NC(=O)c1cn(-c2ccccc2)nc1-c1ccccc1OC. The molecule has 0 fully saturated rings. The quantitative estimate of drug-likeness (QED) is 0.602. The van der Waals surface area contributed by atoms with E-state index >= 15 is 0 Å². The van der Waals surface area contributed by atoms with Gasteiger partial charge in [0.1, 0.15) is 17.5 Å². The molecular formula is C23H26N4O3. The fourth-order valence-corrected chi connectivity index (χ4v) is 3.03. The van der Waals surface area contributed by atoms with E-state index in [1.54, 1.807) is 24.9 Å². The number of para-hydroxylation sites is 2. The number of hydrogen-bond donors (Lipinski definition) is 2. The van der Waals surface area contributed by atoms with Crippen molar-refractivity contribution in [3.8, 4) is 22.7 Å². The third-order valence-electron chi connectivity index (χ3n) is 4.63. The number of carbonyl (C=O) groups is 2. The normalized spacial score (nSPS) is 11.6. The van der Waals surface area contributed by atoms with Gasteiger partial charge in [0, 0.05) is 18.3 Å². The third kappa shape index (κ3) is 4.68. The zero-order valence-electron chi connectivity index (χ0n) is 17.4. The number of amides is 2. The lowest BCUT2D eigenvalue weighted by molar-refractivity contribution is -0.122. The summed E-state index contributed by atoms with van der Waals surface area (Å²) >= 11 is 0. The summed E-state index contributed by atoms with van der Waals surface area (Å²) in [6.45, 7) is 4.20. The zero-order chi connectivity index (χ0) is 21.5. The van der Waals surface area contributed by atoms with Gasteiger partial charge in [-0.05, 0) is 37.6 Å². The van der Waals surface area contributed by atoms with E-state index in [1.807, 2.05) is 61.5 Å². The van der Waals surface area contributed by atoms with Crippen LogP contribution in [0.2, 0.25) is 0 Å². The lowest BCUT2D eigenvalue weighted by Gasteiger charge is -2.14. The van der Waals surface area contributed by atoms with E-state index in [9.17, 15) is 9.59 Å². The Morgan fingerprint density at radius 3 is 2.50 bits per heavy atom. The molecule has 156 valence electrons. The summed E-state index contributed by atoms with van der Waals surface area (Å²) in [6, 6.07) is 16.2. The largest absolute Gasteiger partial charge is 0.496 e. The molecule has 7 nitrogen and oxygen atoms in total. The van der Waals surface area contributed by atoms with E-state index in [4.69, 9.17) is 4.74 Å². The molecule has 2 aromatic carbocycles. The summed E-state index contributed by atoms with van der Waals surface area (Å²) in [6.07, 6.45) is 2.50. The smallest absolute Gasteiger partial charge is 0.255 e. The molecule has 1 aromatic heterocycles. The second-order valence-corrected chi connectivity index (χ2v) is 6.86. The Morgan fingerprint density at radius 1 is 1.10 bits per heavy atom. The van der Waals surface area contributed by atoms with Crippen LogP contribution in [0.3, 0.4) is 0 Å². The summed E-state index contributed by atoms with van der Waals surface area (Å²) in [7, 11) is 1.58. The van der Waals surface area contributed by atoms with Gasteiger partial charge in [0.05, 0.1) is 18.4 Å². The van der Waals surface area contributed by atoms with E-state index in [1.165, 1.54) is 0 Å². The van der Waals surface area contributed by atoms with Crippen molar-refractivity contribution in [2.24, 2.45) is 0 Å². The highest BCUT2D eigenvalue weighted by molar-refractivity contribution is 6.02. The van der Waals surface area contributed by atoms with E-state index in [-0.39, 0.29) is 11.8 Å². The minimum atomic E-state index is -0.672. The van der Waals surface area contributed by atoms with Crippen LogP contribution in [0.4, 0.5) is 0 Å². The van der Waals surface area contributed by atoms with Crippen LogP contribution < -0.4 is 15.4 Å². The highest BCUT2D eigenvalue weighted by Gasteiger charge is 2.23. The van der Waals surface area contributed by atoms with E-state index < -0.39 is 6.04 Å². The Morgan fingerprint density at radius 2 is 1.80 bits per heavy atom. The van der Waals surface area contributed by atoms with Crippen molar-refractivity contribution in [1.82, 2.24) is 20.4 Å². The summed E-state index contributed by atoms with van der Waals surface area (Å²) in [5, 5.41) is 10.2. The first kappa shape index (κ1) is 21.1. The van der Waals surface area contributed by atoms with Crippen molar-refractivity contribution in [2.75, 3.05) is 13.7 Å². The lowest BCUT2D eigenvalue weighted by Crippen LogP contribution is -2.45. The molecule has 0 aliphatic heterocycles. The zero-order valence-corrected chi connectivity index (χ0v) is 17.4. The van der Waals surface area contributed by atoms with E-state index in [0.29, 0.717) is 29.1 Å². The molecular weight excluding hydrogens is 380 g/mol. The standard InChI is InChI=1S/C23H26N4O3/c1-4-14-24-22(28)16(2)25-23(29)19-15-27(17-10-6-5-7-11-17)26-21(19)18-12-8-9-13-20(18)30-3/h5-13,15-16H,4,14H2,1-3H3,(H,24,28)(H,25,29)/t16-/m0/s1. The van der Waals surface area contributed by atoms with Crippen molar-refractivity contribution >= 4 is 11.8 Å². The van der Waals surface area contributed by atoms with Crippen LogP contribution in [0.1, 0.15) is 30.6 Å². The topological polar surface area (TPSA) is 85.3 Å². The molecule has 7 heteroatoms. The fraction of sp³-hybridized carbons (Fsp3) is 0.261. The third-order valence-corrected chi connectivity index (χ3v) is 4.63. The Bertz CT molecular complexity index is 1010. The minimum Gasteiger partial charge on any atom is -0.496 e. The fourth-order valence-electron chi connectivity index (χ4n) is 3.03. The summed E-state index contributed by atoms with van der Waals surface area (Å²) in [5.41, 5.74) is 2.36. The first-order chi connectivity index (χ1) is 14.5. The second kappa shape index (κ2) is 9.73. The molecule has 3 aromatic rings. The number of methoxy groups -OCH3 is 1. The predicted octanol–water partition coefficient (Wildman–Crippen LogP) is 3.19. The molecule has 1 heterocycles. The number of hydrogen-bond acceptors (Lipinski definition) is 4. The Labute approximate surface area is 176 Å². The van der Waals surface area contributed by atoms with Crippen LogP contribution in [0.25, 0.3) is 16.9 Å². The highest BCUT2D eigenvalue weighted by Crippen LogP contribution is 2.31. The Hall–Kier alpha value is -3.61. The van der Waals surface area contributed by atoms with Gasteiger partial charge in [0.25, 0.3) is 5.91 Å². The van der Waals surface area contributed by atoms with Crippen molar-refractivity contribution in [1.29, 1.82) is 0 Å². The molecule has 0 aliphatic carbocycles. The molecule has 3 rings (SSSR count). The maximum Gasteiger partial charge on any atom is 0.255 e. The summed E-state index contributed by atoms with van der Waals surface area (Å²) < 4.78 is 7.12. The average Bonchev–Trinajstić information content (AvgIpc) is 3.23. The molecule has 0 spiro atoms. The molecule has 2 N–H and O–H groups in total. The molecule has 0 bridgehead atoms. The van der Waals surface area contributed by atoms with Gasteiger partial charge in [-0.3, -0.25) is 9.59 Å². The molecule has 0 aliphatic rings. The highest BCUT2D eigenvalue weighted by atomic mass is 16.5. The average molecular weight is 406 g/mol. The minimum absolute atomic E-state index is 0.223. The Kier molecular flexibility index (Phi) is 6.85. The number of nitrogens with zero attached hydrogens (tertiary/aromatic N) is 2. The number of carbonyl (C=O) groups excluding carboxylic acids is 2. The molecule has 30 heavy (non-hydrogen) atoms. The number of aromatic nitrogens is 2. The summed E-state index contributed by atoms with van der Waals surface area (Å²) in [4.78, 5) is 25.3. The summed E-state index contributed by atoms with van der Waals surface area (Å²) in [5.74, 6) is 0.00956. The van der Waals surface area contributed by atoms with Gasteiger partial charge in [-0.1, -0.05) is 37.3 Å². The molecule has 0 unspecified atom stereocenters. The second-order valence-electron chi connectivity index (χ2n) is 6.86. The first-order valence-corrected chi connectivity index (χ1v) is 9.92. The van der Waals surface area contributed by atoms with Crippen LogP contribution in [-0.2, 0) is 4.79 Å². The van der Waals surface area contributed by atoms with Gasteiger partial charge >= 0.3 is 0 Å². The predicted molar refractivity (Wildman–Crippen MR) is 116 cm³/mol. The number of benzene rings is 2. The number of ether oxygens (including phenoxy) is 1. The van der Waals surface area contributed by atoms with Gasteiger partial charge in [-0.25, -0.2) is 4.68 Å². The molecule has 0 radical (unpaired) electrons. The van der Waals surface area contributed by atoms with Crippen molar-refractivity contribution in [3.05, 3.63) is 66.4 Å². The number of rotatable bonds is 8. The molecule has 1 atom stereocenters. The van der Waals surface area contributed by atoms with E-state index in [0.717, 1.165) is 12.1 Å². The van der Waals surface area contributed by atoms with Gasteiger partial charge in [-0.15, -0.1) is 0 Å². The van der Waals surface area contributed by atoms with Crippen LogP contribution in [0.5, 0.6) is 5.75 Å². The van der Waals surface area contributed by atoms with Gasteiger partial charge in [0.2, 0.25) is 5.91 Å². The van der Waals surface area contributed by atoms with Gasteiger partial charge < -0.3 is 15.4 Å². The van der Waals surface area contributed by atoms with Crippen LogP contribution in [0.15, 0.2) is 60.8 Å².